The van der Waals surface area contributed by atoms with E-state index in [2.05, 4.69) is 10.8 Å². The Morgan fingerprint density at radius 2 is 2.17 bits per heavy atom. The monoisotopic (exact) mass is 243 g/mol. The molecule has 2 heteroatoms. The molecule has 2 nitrogen and oxygen atoms in total. The molecule has 0 aromatic heterocycles. The Kier molecular flexibility index (Phi) is 4.04. The molecule has 2 rings (SSSR count). The molecule has 0 N–H and O–H groups in total. The number of carbonyl (C=O) groups excluding carboxylic acids is 1. The predicted octanol–water partition coefficient (Wildman–Crippen LogP) is 2.71. The number of nitrogens with zero attached hydrogens (tertiary/aromatic N) is 1. The van der Waals surface area contributed by atoms with E-state index < -0.39 is 5.54 Å². The fourth-order valence-corrected chi connectivity index (χ4v) is 3.11. The lowest BCUT2D eigenvalue weighted by molar-refractivity contribution is -0.134. The number of allylic oxidation sites excluding steroid dienone is 2. The molecule has 0 bridgehead atoms. The third kappa shape index (κ3) is 2.04. The highest BCUT2D eigenvalue weighted by Gasteiger charge is 2.48. The minimum atomic E-state index is -0.421. The summed E-state index contributed by atoms with van der Waals surface area (Å²) in [5.41, 5.74) is 0.590. The summed E-state index contributed by atoms with van der Waals surface area (Å²) in [6.07, 6.45) is 16.1. The molecule has 1 aliphatic carbocycles. The first-order valence-electron chi connectivity index (χ1n) is 6.83. The second kappa shape index (κ2) is 5.54. The van der Waals surface area contributed by atoms with Crippen molar-refractivity contribution in [1.29, 1.82) is 0 Å². The third-order valence-corrected chi connectivity index (χ3v) is 4.11. The molecule has 1 saturated carbocycles. The summed E-state index contributed by atoms with van der Waals surface area (Å²) in [7, 11) is 0. The van der Waals surface area contributed by atoms with Gasteiger partial charge in [-0.3, -0.25) is 9.69 Å². The largest absolute Gasteiger partial charge is 0.297 e. The Morgan fingerprint density at radius 1 is 1.39 bits per heavy atom. The lowest BCUT2D eigenvalue weighted by Crippen LogP contribution is -2.61. The van der Waals surface area contributed by atoms with Crippen molar-refractivity contribution in [3.63, 3.8) is 0 Å². The van der Waals surface area contributed by atoms with Crippen LogP contribution in [0.4, 0.5) is 0 Å². The minimum absolute atomic E-state index is 0.355. The summed E-state index contributed by atoms with van der Waals surface area (Å²) in [6.45, 7) is 4.01. The maximum Gasteiger partial charge on any atom is 0.157 e. The number of rotatable bonds is 3. The van der Waals surface area contributed by atoms with Crippen molar-refractivity contribution in [3.05, 3.63) is 23.8 Å². The van der Waals surface area contributed by atoms with Gasteiger partial charge in [0.2, 0.25) is 0 Å². The molecule has 2 fully saturated rings. The van der Waals surface area contributed by atoms with Crippen molar-refractivity contribution in [3.8, 4) is 12.3 Å². The van der Waals surface area contributed by atoms with Gasteiger partial charge in [0.05, 0.1) is 0 Å². The molecule has 0 aromatic carbocycles. The van der Waals surface area contributed by atoms with Crippen LogP contribution in [0.15, 0.2) is 23.8 Å². The smallest absolute Gasteiger partial charge is 0.157 e. The van der Waals surface area contributed by atoms with Crippen LogP contribution in [0.5, 0.6) is 0 Å². The minimum Gasteiger partial charge on any atom is -0.297 e. The highest BCUT2D eigenvalue weighted by atomic mass is 16.1. The van der Waals surface area contributed by atoms with Gasteiger partial charge in [0.1, 0.15) is 5.54 Å². The predicted molar refractivity (Wildman–Crippen MR) is 74.1 cm³/mol. The Morgan fingerprint density at radius 3 is 2.67 bits per heavy atom. The number of hydrogen-bond donors (Lipinski definition) is 0. The summed E-state index contributed by atoms with van der Waals surface area (Å²) >= 11 is 0. The van der Waals surface area contributed by atoms with Crippen molar-refractivity contribution < 1.29 is 4.79 Å². The van der Waals surface area contributed by atoms with Gasteiger partial charge in [0.15, 0.2) is 5.78 Å². The van der Waals surface area contributed by atoms with Gasteiger partial charge in [-0.15, -0.1) is 6.42 Å². The maximum atomic E-state index is 12.6. The number of terminal acetylenes is 1. The molecule has 18 heavy (non-hydrogen) atoms. The Balaban J connectivity index is 2.43. The van der Waals surface area contributed by atoms with Crippen LogP contribution in [0.3, 0.4) is 0 Å². The van der Waals surface area contributed by atoms with Gasteiger partial charge in [-0.25, -0.2) is 0 Å². The topological polar surface area (TPSA) is 20.3 Å². The first kappa shape index (κ1) is 13.1. The maximum absolute atomic E-state index is 12.6. The van der Waals surface area contributed by atoms with Gasteiger partial charge in [-0.1, -0.05) is 24.5 Å². The van der Waals surface area contributed by atoms with Crippen molar-refractivity contribution in [2.45, 2.75) is 44.6 Å². The Labute approximate surface area is 110 Å². The van der Waals surface area contributed by atoms with E-state index >= 15 is 0 Å². The van der Waals surface area contributed by atoms with Gasteiger partial charge >= 0.3 is 0 Å². The molecule has 0 spiro atoms. The quantitative estimate of drug-likeness (QED) is 0.561. The molecule has 1 saturated heterocycles. The number of likely N-dealkylation sites (tertiary alicyclic amines) is 1. The summed E-state index contributed by atoms with van der Waals surface area (Å²) in [5, 5.41) is 0. The normalized spacial score (nSPS) is 30.2. The molecule has 2 aliphatic rings. The summed E-state index contributed by atoms with van der Waals surface area (Å²) in [4.78, 5) is 14.9. The molecule has 96 valence electrons. The SMILES string of the molecule is C#C/C=C(\C=C/C)C1(N2CCC2)CCCCC1=O. The van der Waals surface area contributed by atoms with E-state index in [-0.39, 0.29) is 0 Å². The van der Waals surface area contributed by atoms with Crippen molar-refractivity contribution in [2.24, 2.45) is 0 Å². The fourth-order valence-electron chi connectivity index (χ4n) is 3.11. The van der Waals surface area contributed by atoms with Crippen molar-refractivity contribution in [1.82, 2.24) is 4.90 Å². The van der Waals surface area contributed by atoms with Crippen LogP contribution in [0.1, 0.15) is 39.0 Å². The summed E-state index contributed by atoms with van der Waals surface area (Å²) in [5.74, 6) is 2.96. The van der Waals surface area contributed by atoms with Crippen molar-refractivity contribution >= 4 is 5.78 Å². The van der Waals surface area contributed by atoms with Crippen LogP contribution in [-0.2, 0) is 4.79 Å². The third-order valence-electron chi connectivity index (χ3n) is 4.11. The lowest BCUT2D eigenvalue weighted by atomic mass is 9.72. The average Bonchev–Trinajstić information content (AvgIpc) is 2.29. The highest BCUT2D eigenvalue weighted by Crippen LogP contribution is 2.40. The molecule has 1 aliphatic heterocycles. The average molecular weight is 243 g/mol. The zero-order chi connectivity index (χ0) is 13.0. The second-order valence-corrected chi connectivity index (χ2v) is 5.10. The van der Waals surface area contributed by atoms with Crippen LogP contribution in [0.25, 0.3) is 0 Å². The second-order valence-electron chi connectivity index (χ2n) is 5.10. The highest BCUT2D eigenvalue weighted by molar-refractivity contribution is 5.93. The van der Waals surface area contributed by atoms with E-state index in [0.717, 1.165) is 37.9 Å². The van der Waals surface area contributed by atoms with Crippen molar-refractivity contribution in [2.75, 3.05) is 13.1 Å². The first-order valence-corrected chi connectivity index (χ1v) is 6.83. The van der Waals surface area contributed by atoms with E-state index in [4.69, 9.17) is 6.42 Å². The molecule has 0 aromatic rings. The lowest BCUT2D eigenvalue weighted by Gasteiger charge is -2.50. The number of hydrogen-bond acceptors (Lipinski definition) is 2. The molecule has 0 radical (unpaired) electrons. The summed E-state index contributed by atoms with van der Waals surface area (Å²) < 4.78 is 0. The molecule has 1 atom stereocenters. The number of ketones is 1. The van der Waals surface area contributed by atoms with E-state index in [9.17, 15) is 4.79 Å². The number of carbonyl (C=O) groups is 1. The zero-order valence-electron chi connectivity index (χ0n) is 11.1. The van der Waals surface area contributed by atoms with Gasteiger partial charge in [0, 0.05) is 19.5 Å². The zero-order valence-corrected chi connectivity index (χ0v) is 11.1. The van der Waals surface area contributed by atoms with Crippen LogP contribution in [0.2, 0.25) is 0 Å². The molecule has 0 amide bonds. The summed E-state index contributed by atoms with van der Waals surface area (Å²) in [6, 6.07) is 0. The van der Waals surface area contributed by atoms with E-state index in [1.54, 1.807) is 6.08 Å². The van der Waals surface area contributed by atoms with Crippen LogP contribution < -0.4 is 0 Å². The first-order chi connectivity index (χ1) is 8.75. The fraction of sp³-hybridized carbons (Fsp3) is 0.562. The molecular formula is C16H21NO. The van der Waals surface area contributed by atoms with E-state index in [0.29, 0.717) is 12.2 Å². The van der Waals surface area contributed by atoms with Crippen LogP contribution >= 0.6 is 0 Å². The molecular weight excluding hydrogens is 222 g/mol. The standard InChI is InChI=1S/C16H21NO/c1-3-8-14(9-4-2)16(17-12-7-13-17)11-6-5-10-15(16)18/h1,4,8-9H,5-7,10-13H2,2H3/b9-4-,14-8+. The van der Waals surface area contributed by atoms with Crippen LogP contribution in [-0.4, -0.2) is 29.3 Å². The van der Waals surface area contributed by atoms with Gasteiger partial charge < -0.3 is 0 Å². The Bertz CT molecular complexity index is 423. The van der Waals surface area contributed by atoms with Crippen LogP contribution in [0, 0.1) is 12.3 Å². The van der Waals surface area contributed by atoms with E-state index in [1.807, 2.05) is 19.1 Å². The van der Waals surface area contributed by atoms with Gasteiger partial charge in [-0.2, -0.15) is 0 Å². The van der Waals surface area contributed by atoms with Gasteiger partial charge in [0.25, 0.3) is 0 Å². The molecule has 1 heterocycles. The Hall–Kier alpha value is -1.33. The van der Waals surface area contributed by atoms with Gasteiger partial charge in [-0.05, 0) is 37.8 Å². The van der Waals surface area contributed by atoms with E-state index in [1.165, 1.54) is 6.42 Å². The molecule has 1 unspecified atom stereocenters. The number of Topliss-reactive ketones (excluding diaryl/α,β-unsaturated/α-hetero) is 1.